The zero-order chi connectivity index (χ0) is 18.5. The highest BCUT2D eigenvalue weighted by atomic mass is 16.5. The maximum atomic E-state index is 12.5. The molecule has 1 aromatic heterocycles. The molecule has 0 atom stereocenters. The molecule has 6 heteroatoms. The summed E-state index contributed by atoms with van der Waals surface area (Å²) in [7, 11) is 0. The summed E-state index contributed by atoms with van der Waals surface area (Å²) in [6, 6.07) is 4.14. The van der Waals surface area contributed by atoms with Crippen LogP contribution in [0.2, 0.25) is 0 Å². The highest BCUT2D eigenvalue weighted by Gasteiger charge is 2.14. The molecule has 1 saturated heterocycles. The summed E-state index contributed by atoms with van der Waals surface area (Å²) in [4.78, 5) is 21.0. The molecule has 1 fully saturated rings. The van der Waals surface area contributed by atoms with E-state index in [1.54, 1.807) is 0 Å². The summed E-state index contributed by atoms with van der Waals surface area (Å²) in [5, 5.41) is 3.09. The van der Waals surface area contributed by atoms with Gasteiger partial charge in [0.15, 0.2) is 0 Å². The largest absolute Gasteiger partial charge is 0.379 e. The zero-order valence-corrected chi connectivity index (χ0v) is 16.2. The number of carbonyl (C=O) groups is 1. The van der Waals surface area contributed by atoms with E-state index in [0.717, 1.165) is 78.0 Å². The molecule has 26 heavy (non-hydrogen) atoms. The van der Waals surface area contributed by atoms with Gasteiger partial charge in [-0.2, -0.15) is 0 Å². The summed E-state index contributed by atoms with van der Waals surface area (Å²) in [5.74, 6) is 0. The number of pyridine rings is 1. The third kappa shape index (κ3) is 8.15. The lowest BCUT2D eigenvalue weighted by Gasteiger charge is -2.28. The Kier molecular flexibility index (Phi) is 10.1. The van der Waals surface area contributed by atoms with Crippen molar-refractivity contribution >= 4 is 6.03 Å². The van der Waals surface area contributed by atoms with Crippen molar-refractivity contribution in [3.63, 3.8) is 0 Å². The molecule has 1 aliphatic heterocycles. The Bertz CT molecular complexity index is 492. The molecule has 146 valence electrons. The van der Waals surface area contributed by atoms with Gasteiger partial charge in [0.1, 0.15) is 0 Å². The molecule has 0 bridgehead atoms. The lowest BCUT2D eigenvalue weighted by atomic mass is 10.1. The summed E-state index contributed by atoms with van der Waals surface area (Å²) >= 11 is 0. The molecule has 1 aliphatic rings. The van der Waals surface area contributed by atoms with Crippen molar-refractivity contribution in [2.75, 3.05) is 52.5 Å². The second-order valence-electron chi connectivity index (χ2n) is 6.84. The van der Waals surface area contributed by atoms with E-state index in [1.807, 2.05) is 29.4 Å². The Balaban J connectivity index is 1.65. The first-order valence-electron chi connectivity index (χ1n) is 10.0. The van der Waals surface area contributed by atoms with E-state index in [0.29, 0.717) is 6.54 Å². The van der Waals surface area contributed by atoms with Crippen molar-refractivity contribution in [3.05, 3.63) is 30.1 Å². The molecular weight excluding hydrogens is 328 g/mol. The number of ether oxygens (including phenoxy) is 1. The third-order valence-corrected chi connectivity index (χ3v) is 4.74. The van der Waals surface area contributed by atoms with E-state index in [9.17, 15) is 4.79 Å². The van der Waals surface area contributed by atoms with Gasteiger partial charge in [0.05, 0.1) is 13.2 Å². The van der Waals surface area contributed by atoms with Gasteiger partial charge in [-0.3, -0.25) is 9.88 Å². The average molecular weight is 363 g/mol. The summed E-state index contributed by atoms with van der Waals surface area (Å²) in [6.45, 7) is 9.28. The molecule has 0 radical (unpaired) electrons. The molecule has 0 saturated carbocycles. The van der Waals surface area contributed by atoms with Gasteiger partial charge in [0.2, 0.25) is 0 Å². The highest BCUT2D eigenvalue weighted by Crippen LogP contribution is 2.03. The SMILES string of the molecule is CCCCN(CCCN1CCOCC1)C(=O)NCCCc1ccncc1. The number of rotatable bonds is 11. The number of aryl methyl sites for hydroxylation is 1. The lowest BCUT2D eigenvalue weighted by molar-refractivity contribution is 0.0365. The maximum absolute atomic E-state index is 12.5. The normalized spacial score (nSPS) is 15.0. The van der Waals surface area contributed by atoms with E-state index in [1.165, 1.54) is 5.56 Å². The first-order chi connectivity index (χ1) is 12.8. The van der Waals surface area contributed by atoms with Crippen molar-refractivity contribution in [2.45, 2.75) is 39.0 Å². The first-order valence-corrected chi connectivity index (χ1v) is 10.0. The Morgan fingerprint density at radius 3 is 2.65 bits per heavy atom. The second-order valence-corrected chi connectivity index (χ2v) is 6.84. The standard InChI is InChI=1S/C20H34N4O2/c1-2-3-13-24(14-5-12-23-15-17-26-18-16-23)20(25)22-9-4-6-19-7-10-21-11-8-19/h7-8,10-11H,2-6,9,12-18H2,1H3,(H,22,25). The summed E-state index contributed by atoms with van der Waals surface area (Å²) < 4.78 is 5.39. The fraction of sp³-hybridized carbons (Fsp3) is 0.700. The van der Waals surface area contributed by atoms with E-state index in [2.05, 4.69) is 22.1 Å². The van der Waals surface area contributed by atoms with Crippen LogP contribution in [0.5, 0.6) is 0 Å². The summed E-state index contributed by atoms with van der Waals surface area (Å²) in [5.41, 5.74) is 1.27. The van der Waals surface area contributed by atoms with Crippen molar-refractivity contribution < 1.29 is 9.53 Å². The minimum Gasteiger partial charge on any atom is -0.379 e. The fourth-order valence-corrected chi connectivity index (χ4v) is 3.12. The van der Waals surface area contributed by atoms with Crippen LogP contribution in [0.1, 0.15) is 38.2 Å². The Morgan fingerprint density at radius 2 is 1.92 bits per heavy atom. The van der Waals surface area contributed by atoms with Crippen LogP contribution in [-0.4, -0.2) is 73.3 Å². The number of aromatic nitrogens is 1. The van der Waals surface area contributed by atoms with Crippen molar-refractivity contribution in [2.24, 2.45) is 0 Å². The molecule has 0 aromatic carbocycles. The molecular formula is C20H34N4O2. The number of unbranched alkanes of at least 4 members (excludes halogenated alkanes) is 1. The van der Waals surface area contributed by atoms with Gasteiger partial charge in [-0.25, -0.2) is 4.79 Å². The van der Waals surface area contributed by atoms with Crippen LogP contribution < -0.4 is 5.32 Å². The molecule has 1 N–H and O–H groups in total. The monoisotopic (exact) mass is 362 g/mol. The lowest BCUT2D eigenvalue weighted by Crippen LogP contribution is -2.43. The third-order valence-electron chi connectivity index (χ3n) is 4.74. The van der Waals surface area contributed by atoms with Gasteiger partial charge in [0, 0.05) is 51.7 Å². The van der Waals surface area contributed by atoms with Crippen LogP contribution >= 0.6 is 0 Å². The fourth-order valence-electron chi connectivity index (χ4n) is 3.12. The average Bonchev–Trinajstić information content (AvgIpc) is 2.69. The Labute approximate surface area is 157 Å². The van der Waals surface area contributed by atoms with Crippen LogP contribution in [0.15, 0.2) is 24.5 Å². The molecule has 2 rings (SSSR count). The van der Waals surface area contributed by atoms with Crippen molar-refractivity contribution in [3.8, 4) is 0 Å². The van der Waals surface area contributed by atoms with Crippen LogP contribution in [-0.2, 0) is 11.2 Å². The molecule has 6 nitrogen and oxygen atoms in total. The smallest absolute Gasteiger partial charge is 0.317 e. The molecule has 2 heterocycles. The second kappa shape index (κ2) is 12.7. The van der Waals surface area contributed by atoms with E-state index in [-0.39, 0.29) is 6.03 Å². The number of morpholine rings is 1. The maximum Gasteiger partial charge on any atom is 0.317 e. The molecule has 0 aliphatic carbocycles. The Morgan fingerprint density at radius 1 is 1.19 bits per heavy atom. The number of urea groups is 1. The van der Waals surface area contributed by atoms with E-state index < -0.39 is 0 Å². The van der Waals surface area contributed by atoms with E-state index >= 15 is 0 Å². The Hall–Kier alpha value is -1.66. The zero-order valence-electron chi connectivity index (χ0n) is 16.2. The van der Waals surface area contributed by atoms with Crippen LogP contribution in [0, 0.1) is 0 Å². The molecule has 2 amide bonds. The van der Waals surface area contributed by atoms with Gasteiger partial charge < -0.3 is 15.0 Å². The van der Waals surface area contributed by atoms with Gasteiger partial charge in [0.25, 0.3) is 0 Å². The molecule has 0 unspecified atom stereocenters. The minimum absolute atomic E-state index is 0.0788. The first kappa shape index (κ1) is 20.6. The predicted octanol–water partition coefficient (Wildman–Crippen LogP) is 2.55. The number of hydrogen-bond donors (Lipinski definition) is 1. The van der Waals surface area contributed by atoms with Gasteiger partial charge >= 0.3 is 6.03 Å². The van der Waals surface area contributed by atoms with Crippen molar-refractivity contribution in [1.82, 2.24) is 20.1 Å². The van der Waals surface area contributed by atoms with Crippen LogP contribution in [0.4, 0.5) is 4.79 Å². The number of amides is 2. The summed E-state index contributed by atoms with van der Waals surface area (Å²) in [6.07, 6.45) is 8.73. The number of nitrogens with one attached hydrogen (secondary N) is 1. The predicted molar refractivity (Wildman–Crippen MR) is 104 cm³/mol. The number of nitrogens with zero attached hydrogens (tertiary/aromatic N) is 3. The van der Waals surface area contributed by atoms with Crippen molar-refractivity contribution in [1.29, 1.82) is 0 Å². The molecule has 1 aromatic rings. The van der Waals surface area contributed by atoms with Crippen LogP contribution in [0.25, 0.3) is 0 Å². The highest BCUT2D eigenvalue weighted by molar-refractivity contribution is 5.74. The van der Waals surface area contributed by atoms with E-state index in [4.69, 9.17) is 4.74 Å². The minimum atomic E-state index is 0.0788. The van der Waals surface area contributed by atoms with Crippen LogP contribution in [0.3, 0.4) is 0 Å². The topological polar surface area (TPSA) is 57.7 Å². The quantitative estimate of drug-likeness (QED) is 0.615. The van der Waals surface area contributed by atoms with Gasteiger partial charge in [-0.05, 0) is 43.4 Å². The molecule has 0 spiro atoms. The number of hydrogen-bond acceptors (Lipinski definition) is 4. The van der Waals surface area contributed by atoms with Gasteiger partial charge in [-0.1, -0.05) is 13.3 Å². The van der Waals surface area contributed by atoms with Gasteiger partial charge in [-0.15, -0.1) is 0 Å². The number of carbonyl (C=O) groups excluding carboxylic acids is 1.